The van der Waals surface area contributed by atoms with Gasteiger partial charge in [0.2, 0.25) is 5.89 Å². The molecule has 0 bridgehead atoms. The standard InChI is InChI=1S/C24H27N3O3/c1-2-29-22(28)17-21-25-23(26-30-21)24(20-11-7-4-8-12-20)13-15-27(16-14-24)18-19-9-5-3-6-10-19/h3-12H,2,13-18H2,1H3. The zero-order valence-electron chi connectivity index (χ0n) is 17.3. The van der Waals surface area contributed by atoms with Crippen LogP contribution >= 0.6 is 0 Å². The number of esters is 1. The number of piperidine rings is 1. The molecule has 0 radical (unpaired) electrons. The second-order valence-corrected chi connectivity index (χ2v) is 7.70. The maximum Gasteiger partial charge on any atom is 0.315 e. The Bertz CT molecular complexity index is 948. The SMILES string of the molecule is CCOC(=O)Cc1nc(C2(c3ccccc3)CCN(Cc3ccccc3)CC2)no1. The van der Waals surface area contributed by atoms with Gasteiger partial charge in [0.15, 0.2) is 5.82 Å². The Morgan fingerprint density at radius 3 is 2.40 bits per heavy atom. The number of carbonyl (C=O) groups excluding carboxylic acids is 1. The largest absolute Gasteiger partial charge is 0.466 e. The summed E-state index contributed by atoms with van der Waals surface area (Å²) >= 11 is 0. The predicted octanol–water partition coefficient (Wildman–Crippen LogP) is 3.76. The first kappa shape index (κ1) is 20.3. The van der Waals surface area contributed by atoms with Gasteiger partial charge in [-0.15, -0.1) is 0 Å². The quantitative estimate of drug-likeness (QED) is 0.558. The molecular formula is C24H27N3O3. The number of ether oxygens (including phenoxy) is 1. The van der Waals surface area contributed by atoms with Crippen LogP contribution in [0.1, 0.15) is 42.6 Å². The van der Waals surface area contributed by atoms with E-state index in [9.17, 15) is 4.79 Å². The summed E-state index contributed by atoms with van der Waals surface area (Å²) in [4.78, 5) is 18.9. The third-order valence-corrected chi connectivity index (χ3v) is 5.78. The molecule has 30 heavy (non-hydrogen) atoms. The summed E-state index contributed by atoms with van der Waals surface area (Å²) in [5.41, 5.74) is 2.19. The van der Waals surface area contributed by atoms with Crippen LogP contribution in [0.25, 0.3) is 0 Å². The van der Waals surface area contributed by atoms with E-state index in [2.05, 4.69) is 51.4 Å². The lowest BCUT2D eigenvalue weighted by Gasteiger charge is -2.40. The molecule has 0 spiro atoms. The van der Waals surface area contributed by atoms with E-state index >= 15 is 0 Å². The average molecular weight is 405 g/mol. The van der Waals surface area contributed by atoms with Crippen LogP contribution in [0.3, 0.4) is 0 Å². The smallest absolute Gasteiger partial charge is 0.315 e. The van der Waals surface area contributed by atoms with Crippen molar-refractivity contribution in [1.29, 1.82) is 0 Å². The molecule has 6 nitrogen and oxygen atoms in total. The van der Waals surface area contributed by atoms with Crippen molar-refractivity contribution in [1.82, 2.24) is 15.0 Å². The number of carbonyl (C=O) groups is 1. The molecule has 3 aromatic rings. The van der Waals surface area contributed by atoms with Gasteiger partial charge in [-0.05, 0) is 44.0 Å². The van der Waals surface area contributed by atoms with E-state index in [1.165, 1.54) is 11.1 Å². The van der Waals surface area contributed by atoms with Crippen molar-refractivity contribution in [3.8, 4) is 0 Å². The van der Waals surface area contributed by atoms with Gasteiger partial charge < -0.3 is 9.26 Å². The fraction of sp³-hybridized carbons (Fsp3) is 0.375. The fourth-order valence-corrected chi connectivity index (χ4v) is 4.19. The van der Waals surface area contributed by atoms with E-state index in [1.807, 2.05) is 24.3 Å². The fourth-order valence-electron chi connectivity index (χ4n) is 4.19. The van der Waals surface area contributed by atoms with Gasteiger partial charge >= 0.3 is 5.97 Å². The van der Waals surface area contributed by atoms with Crippen LogP contribution in [0.15, 0.2) is 65.2 Å². The number of aromatic nitrogens is 2. The van der Waals surface area contributed by atoms with E-state index in [0.29, 0.717) is 18.3 Å². The predicted molar refractivity (Wildman–Crippen MR) is 113 cm³/mol. The average Bonchev–Trinajstić information content (AvgIpc) is 3.25. The van der Waals surface area contributed by atoms with Gasteiger partial charge in [-0.25, -0.2) is 0 Å². The van der Waals surface area contributed by atoms with Crippen molar-refractivity contribution in [3.05, 3.63) is 83.5 Å². The number of likely N-dealkylation sites (tertiary alicyclic amines) is 1. The molecule has 156 valence electrons. The van der Waals surface area contributed by atoms with E-state index < -0.39 is 0 Å². The van der Waals surface area contributed by atoms with E-state index in [4.69, 9.17) is 9.26 Å². The van der Waals surface area contributed by atoms with Gasteiger partial charge in [-0.1, -0.05) is 65.8 Å². The molecule has 0 saturated carbocycles. The first-order valence-corrected chi connectivity index (χ1v) is 10.5. The maximum absolute atomic E-state index is 11.8. The van der Waals surface area contributed by atoms with Crippen LogP contribution in [0, 0.1) is 0 Å². The van der Waals surface area contributed by atoms with Gasteiger partial charge in [0.25, 0.3) is 0 Å². The highest BCUT2D eigenvalue weighted by Gasteiger charge is 2.42. The Balaban J connectivity index is 1.54. The number of benzene rings is 2. The summed E-state index contributed by atoms with van der Waals surface area (Å²) in [6.45, 7) is 4.93. The van der Waals surface area contributed by atoms with Gasteiger partial charge in [0.05, 0.1) is 12.0 Å². The molecule has 2 heterocycles. The summed E-state index contributed by atoms with van der Waals surface area (Å²) < 4.78 is 10.4. The lowest BCUT2D eigenvalue weighted by atomic mass is 9.72. The minimum Gasteiger partial charge on any atom is -0.466 e. The topological polar surface area (TPSA) is 68.5 Å². The lowest BCUT2D eigenvalue weighted by molar-refractivity contribution is -0.142. The zero-order valence-corrected chi connectivity index (χ0v) is 17.3. The van der Waals surface area contributed by atoms with Gasteiger partial charge in [0, 0.05) is 6.54 Å². The van der Waals surface area contributed by atoms with Crippen molar-refractivity contribution in [3.63, 3.8) is 0 Å². The van der Waals surface area contributed by atoms with Crippen LogP contribution in [0.5, 0.6) is 0 Å². The van der Waals surface area contributed by atoms with Crippen LogP contribution in [-0.2, 0) is 27.9 Å². The van der Waals surface area contributed by atoms with Gasteiger partial charge in [-0.3, -0.25) is 9.69 Å². The van der Waals surface area contributed by atoms with Gasteiger partial charge in [0.1, 0.15) is 6.42 Å². The first-order valence-electron chi connectivity index (χ1n) is 10.5. The van der Waals surface area contributed by atoms with Crippen molar-refractivity contribution in [2.45, 2.75) is 38.1 Å². The molecule has 0 N–H and O–H groups in total. The van der Waals surface area contributed by atoms with E-state index in [0.717, 1.165) is 32.5 Å². The molecule has 6 heteroatoms. The summed E-state index contributed by atoms with van der Waals surface area (Å²) in [6, 6.07) is 20.9. The van der Waals surface area contributed by atoms with Crippen molar-refractivity contribution < 1.29 is 14.1 Å². The highest BCUT2D eigenvalue weighted by atomic mass is 16.5. The third-order valence-electron chi connectivity index (χ3n) is 5.78. The molecule has 0 aliphatic carbocycles. The molecule has 1 aliphatic heterocycles. The second kappa shape index (κ2) is 9.22. The monoisotopic (exact) mass is 405 g/mol. The second-order valence-electron chi connectivity index (χ2n) is 7.70. The van der Waals surface area contributed by atoms with Crippen molar-refractivity contribution in [2.75, 3.05) is 19.7 Å². The minimum absolute atomic E-state index is 0.00580. The molecule has 1 fully saturated rings. The molecule has 0 unspecified atom stereocenters. The van der Waals surface area contributed by atoms with Crippen molar-refractivity contribution in [2.24, 2.45) is 0 Å². The number of nitrogens with zero attached hydrogens (tertiary/aromatic N) is 3. The molecule has 1 aliphatic rings. The van der Waals surface area contributed by atoms with E-state index in [1.54, 1.807) is 6.92 Å². The normalized spacial score (nSPS) is 16.3. The molecule has 0 amide bonds. The lowest BCUT2D eigenvalue weighted by Crippen LogP contribution is -2.43. The molecule has 1 aromatic heterocycles. The minimum atomic E-state index is -0.348. The molecule has 0 atom stereocenters. The van der Waals surface area contributed by atoms with Crippen LogP contribution < -0.4 is 0 Å². The van der Waals surface area contributed by atoms with Crippen LogP contribution in [-0.4, -0.2) is 40.7 Å². The maximum atomic E-state index is 11.8. The Morgan fingerprint density at radius 1 is 1.07 bits per heavy atom. The van der Waals surface area contributed by atoms with E-state index in [-0.39, 0.29) is 17.8 Å². The Hall–Kier alpha value is -2.99. The highest BCUT2D eigenvalue weighted by Crippen LogP contribution is 2.40. The summed E-state index contributed by atoms with van der Waals surface area (Å²) in [5, 5.41) is 4.30. The number of hydrogen-bond donors (Lipinski definition) is 0. The molecular weight excluding hydrogens is 378 g/mol. The number of hydrogen-bond acceptors (Lipinski definition) is 6. The number of rotatable bonds is 7. The Kier molecular flexibility index (Phi) is 6.23. The van der Waals surface area contributed by atoms with Crippen LogP contribution in [0.4, 0.5) is 0 Å². The van der Waals surface area contributed by atoms with Crippen molar-refractivity contribution >= 4 is 5.97 Å². The highest BCUT2D eigenvalue weighted by molar-refractivity contribution is 5.71. The third kappa shape index (κ3) is 4.44. The summed E-state index contributed by atoms with van der Waals surface area (Å²) in [6.07, 6.45) is 1.79. The first-order chi connectivity index (χ1) is 14.7. The summed E-state index contributed by atoms with van der Waals surface area (Å²) in [5.74, 6) is 0.622. The Morgan fingerprint density at radius 2 is 1.73 bits per heavy atom. The molecule has 1 saturated heterocycles. The van der Waals surface area contributed by atoms with Crippen LogP contribution in [0.2, 0.25) is 0 Å². The van der Waals surface area contributed by atoms with Gasteiger partial charge in [-0.2, -0.15) is 4.98 Å². The summed E-state index contributed by atoms with van der Waals surface area (Å²) in [7, 11) is 0. The molecule has 2 aromatic carbocycles. The zero-order chi connectivity index (χ0) is 20.8. The molecule has 4 rings (SSSR count). The Labute approximate surface area is 176 Å².